The summed E-state index contributed by atoms with van der Waals surface area (Å²) in [6.07, 6.45) is 3.99. The summed E-state index contributed by atoms with van der Waals surface area (Å²) in [6.45, 7) is 4.01. The van der Waals surface area contributed by atoms with Gasteiger partial charge in [-0.2, -0.15) is 0 Å². The Kier molecular flexibility index (Phi) is 4.55. The van der Waals surface area contributed by atoms with Gasteiger partial charge in [0.05, 0.1) is 24.2 Å². The molecule has 0 saturated carbocycles. The Bertz CT molecular complexity index is 649. The Labute approximate surface area is 137 Å². The van der Waals surface area contributed by atoms with Crippen LogP contribution in [0.3, 0.4) is 0 Å². The van der Waals surface area contributed by atoms with Crippen molar-refractivity contribution in [2.24, 2.45) is 0 Å². The van der Waals surface area contributed by atoms with E-state index in [0.717, 1.165) is 48.7 Å². The number of nitrogens with two attached hydrogens (primary N) is 1. The number of nitrogen functional groups attached to an aromatic ring is 1. The molecule has 0 aliphatic carbocycles. The Morgan fingerprint density at radius 1 is 1.17 bits per heavy atom. The molecule has 3 rings (SSSR count). The smallest absolute Gasteiger partial charge is 0.119 e. The fourth-order valence-electron chi connectivity index (χ4n) is 3.00. The van der Waals surface area contributed by atoms with Gasteiger partial charge in [-0.15, -0.1) is 0 Å². The van der Waals surface area contributed by atoms with E-state index in [-0.39, 0.29) is 0 Å². The number of aryl methyl sites for hydroxylation is 1. The lowest BCUT2D eigenvalue weighted by Gasteiger charge is -2.34. The monoisotopic (exact) mass is 312 g/mol. The summed E-state index contributed by atoms with van der Waals surface area (Å²) in [5, 5.41) is 3.57. The lowest BCUT2D eigenvalue weighted by Crippen LogP contribution is -2.39. The van der Waals surface area contributed by atoms with Gasteiger partial charge in [-0.05, 0) is 50.1 Å². The minimum atomic E-state index is 0.452. The molecular formula is C18H24N4O. The van der Waals surface area contributed by atoms with Crippen molar-refractivity contribution < 1.29 is 4.74 Å². The molecule has 0 unspecified atom stereocenters. The second-order valence-corrected chi connectivity index (χ2v) is 5.96. The maximum Gasteiger partial charge on any atom is 0.119 e. The molecule has 1 aliphatic rings. The van der Waals surface area contributed by atoms with Crippen molar-refractivity contribution in [3.8, 4) is 5.75 Å². The van der Waals surface area contributed by atoms with Crippen molar-refractivity contribution in [2.75, 3.05) is 36.1 Å². The number of anilines is 3. The molecule has 1 saturated heterocycles. The van der Waals surface area contributed by atoms with E-state index in [0.29, 0.717) is 6.04 Å². The average Bonchev–Trinajstić information content (AvgIpc) is 2.60. The van der Waals surface area contributed by atoms with Crippen LogP contribution in [0.25, 0.3) is 0 Å². The number of benzene rings is 1. The van der Waals surface area contributed by atoms with Crippen molar-refractivity contribution in [1.29, 1.82) is 0 Å². The van der Waals surface area contributed by atoms with Crippen LogP contribution in [-0.4, -0.2) is 31.2 Å². The highest BCUT2D eigenvalue weighted by molar-refractivity contribution is 5.68. The maximum absolute atomic E-state index is 6.10. The van der Waals surface area contributed by atoms with Gasteiger partial charge in [0.25, 0.3) is 0 Å². The molecule has 0 bridgehead atoms. The highest BCUT2D eigenvalue weighted by Crippen LogP contribution is 2.26. The third kappa shape index (κ3) is 3.50. The lowest BCUT2D eigenvalue weighted by atomic mass is 10.0. The van der Waals surface area contributed by atoms with Gasteiger partial charge in [-0.25, -0.2) is 0 Å². The predicted octanol–water partition coefficient (Wildman–Crippen LogP) is 3.06. The van der Waals surface area contributed by atoms with E-state index in [1.54, 1.807) is 13.3 Å². The molecule has 3 N–H and O–H groups in total. The average molecular weight is 312 g/mol. The fourth-order valence-corrected chi connectivity index (χ4v) is 3.00. The SMILES string of the molecule is COc1ccc(N2CCC(Nc3ccnc(C)c3N)CC2)cc1. The van der Waals surface area contributed by atoms with Crippen molar-refractivity contribution >= 4 is 17.1 Å². The van der Waals surface area contributed by atoms with Gasteiger partial charge in [0.15, 0.2) is 0 Å². The number of nitrogens with zero attached hydrogens (tertiary/aromatic N) is 2. The van der Waals surface area contributed by atoms with Crippen LogP contribution in [0.2, 0.25) is 0 Å². The molecule has 5 heteroatoms. The van der Waals surface area contributed by atoms with Crippen LogP contribution in [0.15, 0.2) is 36.5 Å². The van der Waals surface area contributed by atoms with Crippen molar-refractivity contribution in [2.45, 2.75) is 25.8 Å². The zero-order valence-corrected chi connectivity index (χ0v) is 13.7. The first-order valence-electron chi connectivity index (χ1n) is 8.04. The molecule has 23 heavy (non-hydrogen) atoms. The highest BCUT2D eigenvalue weighted by atomic mass is 16.5. The van der Waals surface area contributed by atoms with Crippen LogP contribution in [0, 0.1) is 6.92 Å². The third-order valence-electron chi connectivity index (χ3n) is 4.48. The summed E-state index contributed by atoms with van der Waals surface area (Å²) < 4.78 is 5.22. The summed E-state index contributed by atoms with van der Waals surface area (Å²) in [7, 11) is 1.69. The van der Waals surface area contributed by atoms with E-state index >= 15 is 0 Å². The van der Waals surface area contributed by atoms with E-state index in [9.17, 15) is 0 Å². The van der Waals surface area contributed by atoms with E-state index < -0.39 is 0 Å². The normalized spacial score (nSPS) is 15.5. The van der Waals surface area contributed by atoms with Gasteiger partial charge in [-0.3, -0.25) is 4.98 Å². The number of aromatic nitrogens is 1. The molecule has 1 aliphatic heterocycles. The molecule has 2 aromatic rings. The number of methoxy groups -OCH3 is 1. The van der Waals surface area contributed by atoms with Gasteiger partial charge >= 0.3 is 0 Å². The van der Waals surface area contributed by atoms with Gasteiger partial charge in [0, 0.05) is 31.0 Å². The number of pyridine rings is 1. The number of hydrogen-bond acceptors (Lipinski definition) is 5. The number of hydrogen-bond donors (Lipinski definition) is 2. The zero-order valence-electron chi connectivity index (χ0n) is 13.7. The van der Waals surface area contributed by atoms with Crippen LogP contribution in [0.1, 0.15) is 18.5 Å². The maximum atomic E-state index is 6.10. The molecule has 0 radical (unpaired) electrons. The standard InChI is InChI=1S/C18H24N4O/c1-13-18(19)17(7-10-20-13)21-14-8-11-22(12-9-14)15-3-5-16(23-2)6-4-15/h3-7,10,14H,8-9,11-12,19H2,1-2H3,(H,20,21). The van der Waals surface area contributed by atoms with Crippen LogP contribution >= 0.6 is 0 Å². The third-order valence-corrected chi connectivity index (χ3v) is 4.48. The van der Waals surface area contributed by atoms with Crippen LogP contribution in [0.4, 0.5) is 17.1 Å². The zero-order chi connectivity index (χ0) is 16.2. The Hall–Kier alpha value is -2.43. The quantitative estimate of drug-likeness (QED) is 0.908. The van der Waals surface area contributed by atoms with Crippen LogP contribution in [0.5, 0.6) is 5.75 Å². The van der Waals surface area contributed by atoms with E-state index in [4.69, 9.17) is 10.5 Å². The molecule has 5 nitrogen and oxygen atoms in total. The Morgan fingerprint density at radius 3 is 2.52 bits per heavy atom. The fraction of sp³-hybridized carbons (Fsp3) is 0.389. The molecule has 1 fully saturated rings. The minimum absolute atomic E-state index is 0.452. The first-order chi connectivity index (χ1) is 11.2. The lowest BCUT2D eigenvalue weighted by molar-refractivity contribution is 0.414. The van der Waals surface area contributed by atoms with Gasteiger partial charge < -0.3 is 20.7 Å². The number of piperidine rings is 1. The molecule has 1 aromatic heterocycles. The van der Waals surface area contributed by atoms with Gasteiger partial charge in [0.2, 0.25) is 0 Å². The van der Waals surface area contributed by atoms with Gasteiger partial charge in [-0.1, -0.05) is 0 Å². The van der Waals surface area contributed by atoms with Crippen molar-refractivity contribution in [3.05, 3.63) is 42.2 Å². The molecular weight excluding hydrogens is 288 g/mol. The van der Waals surface area contributed by atoms with E-state index in [1.165, 1.54) is 5.69 Å². The summed E-state index contributed by atoms with van der Waals surface area (Å²) in [5.41, 5.74) is 9.99. The largest absolute Gasteiger partial charge is 0.497 e. The second kappa shape index (κ2) is 6.77. The number of rotatable bonds is 4. The Morgan fingerprint density at radius 2 is 1.87 bits per heavy atom. The summed E-state index contributed by atoms with van der Waals surface area (Å²) in [6, 6.07) is 10.7. The second-order valence-electron chi connectivity index (χ2n) is 5.96. The first-order valence-corrected chi connectivity index (χ1v) is 8.04. The highest BCUT2D eigenvalue weighted by Gasteiger charge is 2.20. The van der Waals surface area contributed by atoms with Crippen LogP contribution in [-0.2, 0) is 0 Å². The predicted molar refractivity (Wildman–Crippen MR) is 95.2 cm³/mol. The number of nitrogens with one attached hydrogen (secondary N) is 1. The Balaban J connectivity index is 1.58. The molecule has 0 atom stereocenters. The van der Waals surface area contributed by atoms with E-state index in [2.05, 4.69) is 27.3 Å². The topological polar surface area (TPSA) is 63.4 Å². The molecule has 0 spiro atoms. The van der Waals surface area contributed by atoms with Crippen LogP contribution < -0.4 is 20.7 Å². The van der Waals surface area contributed by atoms with Crippen molar-refractivity contribution in [1.82, 2.24) is 4.98 Å². The molecule has 0 amide bonds. The number of ether oxygens (including phenoxy) is 1. The minimum Gasteiger partial charge on any atom is -0.497 e. The summed E-state index contributed by atoms with van der Waals surface area (Å²) in [4.78, 5) is 6.63. The van der Waals surface area contributed by atoms with E-state index in [1.807, 2.05) is 25.1 Å². The molecule has 1 aromatic carbocycles. The molecule has 122 valence electrons. The first kappa shape index (κ1) is 15.5. The van der Waals surface area contributed by atoms with Gasteiger partial charge in [0.1, 0.15) is 5.75 Å². The molecule has 2 heterocycles. The summed E-state index contributed by atoms with van der Waals surface area (Å²) in [5.74, 6) is 0.897. The summed E-state index contributed by atoms with van der Waals surface area (Å²) >= 11 is 0. The van der Waals surface area contributed by atoms with Crippen molar-refractivity contribution in [3.63, 3.8) is 0 Å².